The molecular weight excluding hydrogens is 778 g/mol. The van der Waals surface area contributed by atoms with Crippen molar-refractivity contribution in [1.82, 2.24) is 10.2 Å². The maximum absolute atomic E-state index is 15.4. The summed E-state index contributed by atoms with van der Waals surface area (Å²) in [5.41, 5.74) is 2.19. The second-order valence-corrected chi connectivity index (χ2v) is 15.9. The number of hydrogen-bond donors (Lipinski definition) is 2. The fourth-order valence-corrected chi connectivity index (χ4v) is 9.85. The van der Waals surface area contributed by atoms with Crippen LogP contribution in [0.2, 0.25) is 0 Å². The molecule has 0 aliphatic carbocycles. The number of halogens is 1. The zero-order valence-corrected chi connectivity index (χ0v) is 33.6. The van der Waals surface area contributed by atoms with Gasteiger partial charge in [-0.05, 0) is 48.9 Å². The van der Waals surface area contributed by atoms with Crippen molar-refractivity contribution in [2.24, 2.45) is 11.8 Å². The van der Waals surface area contributed by atoms with E-state index in [4.69, 9.17) is 14.2 Å². The lowest BCUT2D eigenvalue weighted by molar-refractivity contribution is -0.163. The predicted octanol–water partition coefficient (Wildman–Crippen LogP) is 5.69. The molecule has 3 saturated heterocycles. The minimum Gasteiger partial charge on any atom is -0.455 e. The van der Waals surface area contributed by atoms with Crippen LogP contribution in [-0.4, -0.2) is 89.2 Å². The maximum atomic E-state index is 15.4. The lowest BCUT2D eigenvalue weighted by Gasteiger charge is -2.40. The van der Waals surface area contributed by atoms with Crippen molar-refractivity contribution >= 4 is 45.3 Å². The number of anilines is 1. The average molecular weight is 829 g/mol. The molecule has 3 aliphatic heterocycles. The van der Waals surface area contributed by atoms with Gasteiger partial charge < -0.3 is 34.4 Å². The number of likely N-dealkylation sites (tertiary alicyclic amines) is 1. The van der Waals surface area contributed by atoms with Crippen LogP contribution in [0.4, 0.5) is 5.69 Å². The van der Waals surface area contributed by atoms with Crippen LogP contribution in [-0.2, 0) is 33.4 Å². The molecule has 2 bridgehead atoms. The molecule has 3 aromatic rings. The number of hydrogen-bond acceptors (Lipinski definition) is 8. The van der Waals surface area contributed by atoms with E-state index < -0.39 is 77.0 Å². The number of esters is 1. The average Bonchev–Trinajstić information content (AvgIpc) is 3.79. The number of carbonyl (C=O) groups is 4. The Labute approximate surface area is 336 Å². The Morgan fingerprint density at radius 1 is 1.02 bits per heavy atom. The van der Waals surface area contributed by atoms with Crippen molar-refractivity contribution in [3.05, 3.63) is 126 Å². The quantitative estimate of drug-likeness (QED) is 0.101. The zero-order chi connectivity index (χ0) is 40.1. The summed E-state index contributed by atoms with van der Waals surface area (Å²) in [5, 5.41) is 14.0. The highest BCUT2D eigenvalue weighted by Crippen LogP contribution is 2.62. The Bertz CT molecular complexity index is 1910. The highest BCUT2D eigenvalue weighted by Gasteiger charge is 2.78. The van der Waals surface area contributed by atoms with Crippen LogP contribution in [0.25, 0.3) is 0 Å². The van der Waals surface area contributed by atoms with Gasteiger partial charge in [0.2, 0.25) is 11.8 Å². The zero-order valence-electron chi connectivity index (χ0n) is 32.0. The molecule has 1 spiro atoms. The van der Waals surface area contributed by atoms with E-state index in [0.717, 1.165) is 11.1 Å². The number of carbonyl (C=O) groups excluding carboxylic acids is 4. The molecule has 9 atom stereocenters. The SMILES string of the molecule is C=CCCC(=O)N[C@H](COC)[C@H](OC(=O)[C@H]1[C@@H]2O[C@@]3(CC2Br)[C@@H]1C(=O)N([C@H](CO)c1ccccc1)[C@@H]3C(=O)N(CC=C)c1c(C)cccc1C)c1ccccc1. The Morgan fingerprint density at radius 3 is 2.25 bits per heavy atom. The monoisotopic (exact) mass is 827 g/mol. The van der Waals surface area contributed by atoms with Gasteiger partial charge in [0.25, 0.3) is 5.91 Å². The van der Waals surface area contributed by atoms with E-state index in [9.17, 15) is 14.7 Å². The van der Waals surface area contributed by atoms with Gasteiger partial charge in [0.1, 0.15) is 17.7 Å². The van der Waals surface area contributed by atoms with E-state index in [1.807, 2.05) is 68.4 Å². The lowest BCUT2D eigenvalue weighted by Crippen LogP contribution is -2.58. The largest absolute Gasteiger partial charge is 0.455 e. The summed E-state index contributed by atoms with van der Waals surface area (Å²) in [6.45, 7) is 11.2. The number of nitrogens with one attached hydrogen (secondary N) is 1. The van der Waals surface area contributed by atoms with Crippen molar-refractivity contribution in [3.8, 4) is 0 Å². The van der Waals surface area contributed by atoms with E-state index in [1.54, 1.807) is 41.3 Å². The number of ether oxygens (including phenoxy) is 3. The van der Waals surface area contributed by atoms with Gasteiger partial charge in [0, 0.05) is 30.6 Å². The molecule has 3 aromatic carbocycles. The molecule has 0 aromatic heterocycles. The highest BCUT2D eigenvalue weighted by molar-refractivity contribution is 9.09. The molecular formula is C44H50BrN3O8. The second-order valence-electron chi connectivity index (χ2n) is 14.7. The van der Waals surface area contributed by atoms with Crippen molar-refractivity contribution in [3.63, 3.8) is 0 Å². The summed E-state index contributed by atoms with van der Waals surface area (Å²) >= 11 is 3.77. The van der Waals surface area contributed by atoms with Gasteiger partial charge in [-0.15, -0.1) is 13.2 Å². The van der Waals surface area contributed by atoms with Gasteiger partial charge in [-0.2, -0.15) is 0 Å². The fraction of sp³-hybridized carbons (Fsp3) is 0.409. The van der Waals surface area contributed by atoms with Crippen LogP contribution in [0.1, 0.15) is 53.7 Å². The highest BCUT2D eigenvalue weighted by atomic mass is 79.9. The molecule has 11 nitrogen and oxygen atoms in total. The number of para-hydroxylation sites is 1. The topological polar surface area (TPSA) is 135 Å². The minimum atomic E-state index is -1.46. The Balaban J connectivity index is 1.44. The molecule has 3 fully saturated rings. The Morgan fingerprint density at radius 2 is 1.66 bits per heavy atom. The van der Waals surface area contributed by atoms with Crippen LogP contribution in [0, 0.1) is 25.7 Å². The number of fused-ring (bicyclic) bond motifs is 1. The third-order valence-corrected chi connectivity index (χ3v) is 12.1. The molecule has 296 valence electrons. The van der Waals surface area contributed by atoms with Gasteiger partial charge in [0.15, 0.2) is 0 Å². The van der Waals surface area contributed by atoms with Gasteiger partial charge in [0.05, 0.1) is 43.2 Å². The first-order valence-electron chi connectivity index (χ1n) is 19.0. The van der Waals surface area contributed by atoms with Crippen LogP contribution >= 0.6 is 15.9 Å². The van der Waals surface area contributed by atoms with Crippen LogP contribution in [0.15, 0.2) is 104 Å². The van der Waals surface area contributed by atoms with E-state index >= 15 is 9.59 Å². The Hall–Kier alpha value is -4.62. The summed E-state index contributed by atoms with van der Waals surface area (Å²) in [7, 11) is 1.50. The van der Waals surface area contributed by atoms with Crippen molar-refractivity contribution in [2.75, 3.05) is 31.8 Å². The molecule has 3 aliphatic rings. The molecule has 3 amide bonds. The number of benzene rings is 3. The summed E-state index contributed by atoms with van der Waals surface area (Å²) in [6.07, 6.45) is 2.38. The number of nitrogens with zero attached hydrogens (tertiary/aromatic N) is 2. The lowest BCUT2D eigenvalue weighted by atomic mass is 9.70. The van der Waals surface area contributed by atoms with Gasteiger partial charge >= 0.3 is 5.97 Å². The van der Waals surface area contributed by atoms with Gasteiger partial charge in [-0.25, -0.2) is 0 Å². The van der Waals surface area contributed by atoms with E-state index in [2.05, 4.69) is 34.4 Å². The molecule has 6 rings (SSSR count). The number of aliphatic hydroxyl groups excluding tert-OH is 1. The first-order valence-corrected chi connectivity index (χ1v) is 19.9. The first kappa shape index (κ1) is 41.0. The first-order chi connectivity index (χ1) is 27.0. The third-order valence-electron chi connectivity index (χ3n) is 11.2. The second kappa shape index (κ2) is 17.7. The van der Waals surface area contributed by atoms with Crippen LogP contribution in [0.3, 0.4) is 0 Å². The molecule has 56 heavy (non-hydrogen) atoms. The van der Waals surface area contributed by atoms with Gasteiger partial charge in [-0.3, -0.25) is 19.2 Å². The number of methoxy groups -OCH3 is 1. The molecule has 12 heteroatoms. The molecule has 2 N–H and O–H groups in total. The minimum absolute atomic E-state index is 0.0295. The maximum Gasteiger partial charge on any atom is 0.313 e. The van der Waals surface area contributed by atoms with Crippen molar-refractivity contribution in [1.29, 1.82) is 0 Å². The number of aryl methyl sites for hydroxylation is 2. The smallest absolute Gasteiger partial charge is 0.313 e. The molecule has 1 unspecified atom stereocenters. The van der Waals surface area contributed by atoms with Crippen molar-refractivity contribution in [2.45, 2.75) is 73.9 Å². The number of amides is 3. The number of aliphatic hydroxyl groups is 1. The van der Waals surface area contributed by atoms with E-state index in [-0.39, 0.29) is 31.9 Å². The third kappa shape index (κ3) is 7.59. The summed E-state index contributed by atoms with van der Waals surface area (Å²) in [6, 6.07) is 20.9. The summed E-state index contributed by atoms with van der Waals surface area (Å²) in [5.74, 6) is -4.12. The number of alkyl halides is 1. The normalized spacial score (nSPS) is 25.2. The molecule has 3 heterocycles. The molecule has 0 radical (unpaired) electrons. The predicted molar refractivity (Wildman–Crippen MR) is 216 cm³/mol. The number of allylic oxidation sites excluding steroid dienone is 1. The van der Waals surface area contributed by atoms with E-state index in [1.165, 1.54) is 12.0 Å². The summed E-state index contributed by atoms with van der Waals surface area (Å²) < 4.78 is 18.8. The Kier molecular flexibility index (Phi) is 12.9. The number of rotatable bonds is 17. The van der Waals surface area contributed by atoms with Gasteiger partial charge in [-0.1, -0.05) is 107 Å². The fourth-order valence-electron chi connectivity index (χ4n) is 8.91. The van der Waals surface area contributed by atoms with Crippen molar-refractivity contribution < 1.29 is 38.5 Å². The van der Waals surface area contributed by atoms with E-state index in [0.29, 0.717) is 23.2 Å². The standard InChI is InChI=1S/C44H50BrN3O8/c1-6-8-22-34(50)46-32(26-54-5)38(30-20-13-10-14-21-30)55-43(53)35-36-41(51)48(33(25-49)29-18-11-9-12-19-29)40(44(36)24-31(45)39(35)56-44)42(52)47(23-7-2)37-27(3)16-15-17-28(37)4/h6-7,9-21,31-33,35-36,38-40,49H,1-2,8,22-26H2,3-5H3,(H,46,50)/t31?,32-,33-,35-,36+,38-,39-,40-,44+/m1/s1. The van der Waals surface area contributed by atoms with Crippen LogP contribution in [0.5, 0.6) is 0 Å². The summed E-state index contributed by atoms with van der Waals surface area (Å²) in [4.78, 5) is 61.1. The molecule has 0 saturated carbocycles. The van der Waals surface area contributed by atoms with Crippen LogP contribution < -0.4 is 10.2 Å².